The summed E-state index contributed by atoms with van der Waals surface area (Å²) < 4.78 is 58.4. The van der Waals surface area contributed by atoms with Gasteiger partial charge in [0.15, 0.2) is 4.90 Å². The zero-order valence-corrected chi connectivity index (χ0v) is 11.7. The molecule has 0 aliphatic heterocycles. The van der Waals surface area contributed by atoms with Crippen molar-refractivity contribution in [3.05, 3.63) is 48.0 Å². The summed E-state index contributed by atoms with van der Waals surface area (Å²) in [5.74, 6) is -2.04. The topological polar surface area (TPSA) is 81.4 Å². The standard InChI is InChI=1S/C13H12F2N2O3S/c1-20-8-5-6-11(16)12(7-8)17-21(18,19)13-9(14)3-2-4-10(13)15/h2-7,17H,16H2,1H3. The number of nitrogens with one attached hydrogen (secondary N) is 1. The van der Waals surface area contributed by atoms with Crippen molar-refractivity contribution in [3.63, 3.8) is 0 Å². The first-order chi connectivity index (χ1) is 9.85. The lowest BCUT2D eigenvalue weighted by Crippen LogP contribution is -2.17. The quantitative estimate of drug-likeness (QED) is 0.849. The van der Waals surface area contributed by atoms with Crippen LogP contribution in [0.4, 0.5) is 20.2 Å². The maximum absolute atomic E-state index is 13.6. The predicted molar refractivity (Wildman–Crippen MR) is 74.6 cm³/mol. The van der Waals surface area contributed by atoms with Crippen molar-refractivity contribution in [2.75, 3.05) is 17.6 Å². The van der Waals surface area contributed by atoms with E-state index in [1.165, 1.54) is 25.3 Å². The fourth-order valence-electron chi connectivity index (χ4n) is 1.69. The van der Waals surface area contributed by atoms with E-state index >= 15 is 0 Å². The fraction of sp³-hybridized carbons (Fsp3) is 0.0769. The van der Waals surface area contributed by atoms with Crippen molar-refractivity contribution in [1.29, 1.82) is 0 Å². The van der Waals surface area contributed by atoms with Gasteiger partial charge < -0.3 is 10.5 Å². The van der Waals surface area contributed by atoms with Gasteiger partial charge in [-0.3, -0.25) is 4.72 Å². The molecule has 0 radical (unpaired) electrons. The van der Waals surface area contributed by atoms with E-state index in [4.69, 9.17) is 10.5 Å². The monoisotopic (exact) mass is 314 g/mol. The maximum atomic E-state index is 13.6. The summed E-state index contributed by atoms with van der Waals surface area (Å²) >= 11 is 0. The molecule has 0 aromatic heterocycles. The third-order valence-electron chi connectivity index (χ3n) is 2.69. The zero-order chi connectivity index (χ0) is 15.6. The predicted octanol–water partition coefficient (Wildman–Crippen LogP) is 2.36. The Morgan fingerprint density at radius 1 is 1.14 bits per heavy atom. The lowest BCUT2D eigenvalue weighted by molar-refractivity contribution is 0.415. The second-order valence-electron chi connectivity index (χ2n) is 4.11. The molecule has 3 N–H and O–H groups in total. The average Bonchev–Trinajstić information content (AvgIpc) is 2.40. The molecule has 0 aliphatic carbocycles. The summed E-state index contributed by atoms with van der Waals surface area (Å²) in [6.07, 6.45) is 0. The molecule has 2 aromatic carbocycles. The van der Waals surface area contributed by atoms with E-state index in [-0.39, 0.29) is 11.4 Å². The molecule has 0 amide bonds. The number of halogens is 2. The van der Waals surface area contributed by atoms with Gasteiger partial charge in [0.25, 0.3) is 10.0 Å². The first-order valence-corrected chi connectivity index (χ1v) is 7.24. The van der Waals surface area contributed by atoms with E-state index in [1.54, 1.807) is 0 Å². The Balaban J connectivity index is 2.47. The number of nitrogen functional groups attached to an aromatic ring is 1. The number of benzene rings is 2. The van der Waals surface area contributed by atoms with Crippen molar-refractivity contribution < 1.29 is 21.9 Å². The number of rotatable bonds is 4. The Hall–Kier alpha value is -2.35. The number of anilines is 2. The third kappa shape index (κ3) is 3.05. The van der Waals surface area contributed by atoms with Crippen LogP contribution in [0.2, 0.25) is 0 Å². The van der Waals surface area contributed by atoms with Gasteiger partial charge in [-0.1, -0.05) is 6.07 Å². The molecule has 0 unspecified atom stereocenters. The van der Waals surface area contributed by atoms with Crippen LogP contribution in [-0.2, 0) is 10.0 Å². The second kappa shape index (κ2) is 5.57. The van der Waals surface area contributed by atoms with Crippen LogP contribution in [-0.4, -0.2) is 15.5 Å². The normalized spacial score (nSPS) is 11.2. The molecule has 0 spiro atoms. The van der Waals surface area contributed by atoms with Crippen molar-refractivity contribution in [1.82, 2.24) is 0 Å². The number of sulfonamides is 1. The number of ether oxygens (including phenoxy) is 1. The minimum atomic E-state index is -4.46. The number of hydrogen-bond acceptors (Lipinski definition) is 4. The van der Waals surface area contributed by atoms with Gasteiger partial charge in [-0.15, -0.1) is 0 Å². The van der Waals surface area contributed by atoms with Crippen molar-refractivity contribution in [2.24, 2.45) is 0 Å². The van der Waals surface area contributed by atoms with Gasteiger partial charge >= 0.3 is 0 Å². The lowest BCUT2D eigenvalue weighted by Gasteiger charge is -2.12. The largest absolute Gasteiger partial charge is 0.497 e. The summed E-state index contributed by atoms with van der Waals surface area (Å²) in [4.78, 5) is -1.06. The molecule has 0 saturated carbocycles. The molecule has 0 bridgehead atoms. The Morgan fingerprint density at radius 2 is 1.76 bits per heavy atom. The van der Waals surface area contributed by atoms with Gasteiger partial charge in [-0.05, 0) is 24.3 Å². The molecule has 21 heavy (non-hydrogen) atoms. The molecule has 0 fully saturated rings. The maximum Gasteiger partial charge on any atom is 0.267 e. The fourth-order valence-corrected chi connectivity index (χ4v) is 2.90. The highest BCUT2D eigenvalue weighted by molar-refractivity contribution is 7.92. The molecule has 0 heterocycles. The molecule has 8 heteroatoms. The summed E-state index contributed by atoms with van der Waals surface area (Å²) in [5, 5.41) is 0. The van der Waals surface area contributed by atoms with Gasteiger partial charge in [0, 0.05) is 6.07 Å². The molecule has 112 valence electrons. The van der Waals surface area contributed by atoms with E-state index in [1.807, 2.05) is 4.72 Å². The molecule has 5 nitrogen and oxygen atoms in total. The van der Waals surface area contributed by atoms with Crippen molar-refractivity contribution in [2.45, 2.75) is 4.90 Å². The van der Waals surface area contributed by atoms with E-state index in [2.05, 4.69) is 0 Å². The Morgan fingerprint density at radius 3 is 2.33 bits per heavy atom. The second-order valence-corrected chi connectivity index (χ2v) is 5.73. The van der Waals surface area contributed by atoms with Crippen LogP contribution in [0.15, 0.2) is 41.3 Å². The molecular formula is C13H12F2N2O3S. The Labute approximate surface area is 120 Å². The van der Waals surface area contributed by atoms with Crippen LogP contribution in [0.5, 0.6) is 5.75 Å². The zero-order valence-electron chi connectivity index (χ0n) is 10.9. The summed E-state index contributed by atoms with van der Waals surface area (Å²) in [5.41, 5.74) is 5.70. The minimum absolute atomic E-state index is 0.0306. The van der Waals surface area contributed by atoms with Gasteiger partial charge in [0.1, 0.15) is 17.4 Å². The average molecular weight is 314 g/mol. The third-order valence-corrected chi connectivity index (χ3v) is 4.11. The van der Waals surface area contributed by atoms with Crippen LogP contribution in [0.25, 0.3) is 0 Å². The van der Waals surface area contributed by atoms with Crippen LogP contribution < -0.4 is 15.2 Å². The number of hydrogen-bond donors (Lipinski definition) is 2. The van der Waals surface area contributed by atoms with E-state index < -0.39 is 26.6 Å². The van der Waals surface area contributed by atoms with Gasteiger partial charge in [-0.2, -0.15) is 0 Å². The molecular weight excluding hydrogens is 302 g/mol. The van der Waals surface area contributed by atoms with Crippen molar-refractivity contribution in [3.8, 4) is 5.75 Å². The summed E-state index contributed by atoms with van der Waals surface area (Å²) in [6, 6.07) is 7.03. The number of methoxy groups -OCH3 is 1. The number of nitrogens with two attached hydrogens (primary N) is 1. The van der Waals surface area contributed by atoms with Crippen LogP contribution in [0, 0.1) is 11.6 Å². The molecule has 2 rings (SSSR count). The lowest BCUT2D eigenvalue weighted by atomic mass is 10.2. The summed E-state index contributed by atoms with van der Waals surface area (Å²) in [7, 11) is -3.07. The van der Waals surface area contributed by atoms with Gasteiger partial charge in [-0.25, -0.2) is 17.2 Å². The van der Waals surface area contributed by atoms with E-state index in [0.717, 1.165) is 18.2 Å². The first kappa shape index (κ1) is 15.0. The van der Waals surface area contributed by atoms with Crippen LogP contribution >= 0.6 is 0 Å². The van der Waals surface area contributed by atoms with Crippen molar-refractivity contribution >= 4 is 21.4 Å². The molecule has 2 aromatic rings. The molecule has 0 aliphatic rings. The SMILES string of the molecule is COc1ccc(N)c(NS(=O)(=O)c2c(F)cccc2F)c1. The van der Waals surface area contributed by atoms with Crippen LogP contribution in [0.3, 0.4) is 0 Å². The smallest absolute Gasteiger partial charge is 0.267 e. The highest BCUT2D eigenvalue weighted by Crippen LogP contribution is 2.28. The van der Waals surface area contributed by atoms with E-state index in [9.17, 15) is 17.2 Å². The first-order valence-electron chi connectivity index (χ1n) is 5.75. The highest BCUT2D eigenvalue weighted by Gasteiger charge is 2.24. The van der Waals surface area contributed by atoms with Gasteiger partial charge in [0.05, 0.1) is 18.5 Å². The van der Waals surface area contributed by atoms with E-state index in [0.29, 0.717) is 5.75 Å². The minimum Gasteiger partial charge on any atom is -0.497 e. The molecule has 0 atom stereocenters. The summed E-state index contributed by atoms with van der Waals surface area (Å²) in [6.45, 7) is 0. The Bertz CT molecular complexity index is 759. The van der Waals surface area contributed by atoms with Crippen LogP contribution in [0.1, 0.15) is 0 Å². The van der Waals surface area contributed by atoms with Gasteiger partial charge in [0.2, 0.25) is 0 Å². The Kier molecular flexibility index (Phi) is 3.99. The highest BCUT2D eigenvalue weighted by atomic mass is 32.2. The molecule has 0 saturated heterocycles.